The molecule has 1 aromatic carbocycles. The van der Waals surface area contributed by atoms with Crippen LogP contribution in [0.2, 0.25) is 0 Å². The van der Waals surface area contributed by atoms with Crippen LogP contribution in [0.1, 0.15) is 12.5 Å². The fourth-order valence-corrected chi connectivity index (χ4v) is 1.84. The number of rotatable bonds is 6. The van der Waals surface area contributed by atoms with Crippen molar-refractivity contribution in [3.8, 4) is 0 Å². The third-order valence-corrected chi connectivity index (χ3v) is 3.16. The summed E-state index contributed by atoms with van der Waals surface area (Å²) in [5.74, 6) is -1.76. The minimum Gasteiger partial charge on any atom is -0.456 e. The van der Waals surface area contributed by atoms with Crippen LogP contribution in [-0.4, -0.2) is 30.4 Å². The Labute approximate surface area is 130 Å². The molecule has 6 nitrogen and oxygen atoms in total. The molecule has 3 N–H and O–H groups in total. The fraction of sp³-hybridized carbons (Fsp3) is 0.308. The van der Waals surface area contributed by atoms with Gasteiger partial charge in [-0.3, -0.25) is 14.4 Å². The van der Waals surface area contributed by atoms with Crippen LogP contribution in [0.15, 0.2) is 24.3 Å². The van der Waals surface area contributed by atoms with E-state index in [1.54, 1.807) is 0 Å². The molecule has 0 aliphatic carbocycles. The molecule has 0 fully saturated rings. The second-order valence-corrected chi connectivity index (χ2v) is 5.38. The monoisotopic (exact) mass is 390 g/mol. The number of halogens is 1. The van der Waals surface area contributed by atoms with E-state index in [1.807, 2.05) is 24.3 Å². The van der Waals surface area contributed by atoms with Gasteiger partial charge in [0.25, 0.3) is 5.91 Å². The third kappa shape index (κ3) is 6.00. The Balaban J connectivity index is 2.60. The maximum absolute atomic E-state index is 11.5. The Bertz CT molecular complexity index is 502. The molecule has 1 atom stereocenters. The second-order valence-electron chi connectivity index (χ2n) is 4.13. The average molecular weight is 390 g/mol. The van der Waals surface area contributed by atoms with Crippen LogP contribution in [0.4, 0.5) is 0 Å². The van der Waals surface area contributed by atoms with E-state index in [1.165, 1.54) is 6.92 Å². The molecule has 0 radical (unpaired) electrons. The molecule has 7 heteroatoms. The first kappa shape index (κ1) is 16.4. The number of nitrogens with two attached hydrogens (primary N) is 1. The average Bonchev–Trinajstić information content (AvgIpc) is 2.38. The van der Waals surface area contributed by atoms with Gasteiger partial charge >= 0.3 is 5.97 Å². The molecule has 0 saturated carbocycles. The Hall–Kier alpha value is -1.64. The Kier molecular flexibility index (Phi) is 6.43. The van der Waals surface area contributed by atoms with Crippen LogP contribution in [-0.2, 0) is 25.5 Å². The van der Waals surface area contributed by atoms with Crippen LogP contribution in [0.5, 0.6) is 0 Å². The van der Waals surface area contributed by atoms with E-state index in [2.05, 4.69) is 32.6 Å². The van der Waals surface area contributed by atoms with Crippen LogP contribution < -0.4 is 11.1 Å². The molecule has 1 rings (SSSR count). The number of amides is 2. The first-order valence-corrected chi connectivity index (χ1v) is 6.93. The predicted molar refractivity (Wildman–Crippen MR) is 80.6 cm³/mol. The summed E-state index contributed by atoms with van der Waals surface area (Å²) in [6, 6.07) is 6.67. The largest absolute Gasteiger partial charge is 0.456 e. The molecule has 0 aromatic heterocycles. The molecule has 1 aromatic rings. The van der Waals surface area contributed by atoms with Gasteiger partial charge in [-0.05, 0) is 40.3 Å². The van der Waals surface area contributed by atoms with E-state index in [9.17, 15) is 14.4 Å². The van der Waals surface area contributed by atoms with E-state index < -0.39 is 30.4 Å². The van der Waals surface area contributed by atoms with Crippen molar-refractivity contribution in [2.45, 2.75) is 19.4 Å². The van der Waals surface area contributed by atoms with E-state index in [4.69, 9.17) is 5.73 Å². The zero-order valence-electron chi connectivity index (χ0n) is 10.9. The summed E-state index contributed by atoms with van der Waals surface area (Å²) in [4.78, 5) is 33.4. The normalized spacial score (nSPS) is 11.5. The number of benzene rings is 1. The van der Waals surface area contributed by atoms with Crippen molar-refractivity contribution < 1.29 is 19.1 Å². The maximum atomic E-state index is 11.5. The molecule has 0 aliphatic rings. The molecule has 20 heavy (non-hydrogen) atoms. The Morgan fingerprint density at radius 1 is 1.30 bits per heavy atom. The highest BCUT2D eigenvalue weighted by Gasteiger charge is 2.19. The summed E-state index contributed by atoms with van der Waals surface area (Å²) in [5, 5.41) is 2.44. The van der Waals surface area contributed by atoms with Crippen LogP contribution in [0.25, 0.3) is 0 Å². The standard InChI is InChI=1S/C13H15IN2O4/c1-8(17)20-7-12(18)16-11(13(15)19)6-9-2-4-10(14)5-3-9/h2-5,11H,6-7H2,1H3,(H2,15,19)(H,16,18)/t11-/m1/s1. The Morgan fingerprint density at radius 3 is 2.40 bits per heavy atom. The van der Waals surface area contributed by atoms with Crippen molar-refractivity contribution >= 4 is 40.4 Å². The van der Waals surface area contributed by atoms with Gasteiger partial charge in [-0.2, -0.15) is 0 Å². The van der Waals surface area contributed by atoms with Gasteiger partial charge in [0, 0.05) is 16.9 Å². The molecule has 0 saturated heterocycles. The number of carbonyl (C=O) groups is 3. The highest BCUT2D eigenvalue weighted by Crippen LogP contribution is 2.08. The number of hydrogen-bond donors (Lipinski definition) is 2. The molecule has 0 aliphatic heterocycles. The molecule has 0 unspecified atom stereocenters. The van der Waals surface area contributed by atoms with E-state index in [0.29, 0.717) is 0 Å². The van der Waals surface area contributed by atoms with Crippen molar-refractivity contribution in [2.75, 3.05) is 6.61 Å². The SMILES string of the molecule is CC(=O)OCC(=O)N[C@H](Cc1ccc(I)cc1)C(N)=O. The van der Waals surface area contributed by atoms with Gasteiger partial charge in [-0.15, -0.1) is 0 Å². The van der Waals surface area contributed by atoms with Crippen molar-refractivity contribution in [1.29, 1.82) is 0 Å². The van der Waals surface area contributed by atoms with Crippen molar-refractivity contribution in [3.63, 3.8) is 0 Å². The molecular formula is C13H15IN2O4. The van der Waals surface area contributed by atoms with Crippen molar-refractivity contribution in [1.82, 2.24) is 5.32 Å². The summed E-state index contributed by atoms with van der Waals surface area (Å²) >= 11 is 2.17. The molecule has 2 amide bonds. The molecule has 0 bridgehead atoms. The van der Waals surface area contributed by atoms with Crippen LogP contribution in [0.3, 0.4) is 0 Å². The summed E-state index contributed by atoms with van der Waals surface area (Å²) in [7, 11) is 0. The second kappa shape index (κ2) is 7.83. The highest BCUT2D eigenvalue weighted by atomic mass is 127. The molecule has 0 spiro atoms. The lowest BCUT2D eigenvalue weighted by atomic mass is 10.1. The summed E-state index contributed by atoms with van der Waals surface area (Å²) in [6.45, 7) is 0.774. The number of hydrogen-bond acceptors (Lipinski definition) is 4. The van der Waals surface area contributed by atoms with E-state index >= 15 is 0 Å². The van der Waals surface area contributed by atoms with Gasteiger partial charge in [0.1, 0.15) is 6.04 Å². The van der Waals surface area contributed by atoms with Gasteiger partial charge in [0.05, 0.1) is 0 Å². The number of ether oxygens (including phenoxy) is 1. The molecular weight excluding hydrogens is 375 g/mol. The van der Waals surface area contributed by atoms with Crippen molar-refractivity contribution in [3.05, 3.63) is 33.4 Å². The van der Waals surface area contributed by atoms with Gasteiger partial charge in [0.2, 0.25) is 5.91 Å². The number of nitrogens with one attached hydrogen (secondary N) is 1. The number of primary amides is 1. The van der Waals surface area contributed by atoms with Crippen LogP contribution >= 0.6 is 22.6 Å². The molecule has 0 heterocycles. The summed E-state index contributed by atoms with van der Waals surface area (Å²) < 4.78 is 5.62. The predicted octanol–water partition coefficient (Wildman–Crippen LogP) is 0.367. The zero-order valence-corrected chi connectivity index (χ0v) is 13.0. The lowest BCUT2D eigenvalue weighted by Crippen LogP contribution is -2.47. The lowest BCUT2D eigenvalue weighted by molar-refractivity contribution is -0.146. The summed E-state index contributed by atoms with van der Waals surface area (Å²) in [5.41, 5.74) is 6.13. The maximum Gasteiger partial charge on any atom is 0.303 e. The smallest absolute Gasteiger partial charge is 0.303 e. The van der Waals surface area contributed by atoms with E-state index in [-0.39, 0.29) is 6.42 Å². The molecule has 108 valence electrons. The quantitative estimate of drug-likeness (QED) is 0.542. The van der Waals surface area contributed by atoms with Gasteiger partial charge in [-0.1, -0.05) is 12.1 Å². The van der Waals surface area contributed by atoms with Crippen LogP contribution in [0, 0.1) is 3.57 Å². The summed E-state index contributed by atoms with van der Waals surface area (Å²) in [6.07, 6.45) is 0.290. The Morgan fingerprint density at radius 2 is 1.90 bits per heavy atom. The van der Waals surface area contributed by atoms with Crippen molar-refractivity contribution in [2.24, 2.45) is 5.73 Å². The third-order valence-electron chi connectivity index (χ3n) is 2.44. The minimum atomic E-state index is -0.835. The first-order valence-electron chi connectivity index (χ1n) is 5.85. The lowest BCUT2D eigenvalue weighted by Gasteiger charge is -2.15. The van der Waals surface area contributed by atoms with Gasteiger partial charge < -0.3 is 15.8 Å². The fourth-order valence-electron chi connectivity index (χ4n) is 1.48. The minimum absolute atomic E-state index is 0.290. The van der Waals surface area contributed by atoms with E-state index in [0.717, 1.165) is 9.13 Å². The van der Waals surface area contributed by atoms with Gasteiger partial charge in [-0.25, -0.2) is 0 Å². The zero-order chi connectivity index (χ0) is 15.1. The number of carbonyl (C=O) groups excluding carboxylic acids is 3. The number of esters is 1. The highest BCUT2D eigenvalue weighted by molar-refractivity contribution is 14.1. The topological polar surface area (TPSA) is 98.5 Å². The van der Waals surface area contributed by atoms with Gasteiger partial charge in [0.15, 0.2) is 6.61 Å². The first-order chi connectivity index (χ1) is 9.38.